The van der Waals surface area contributed by atoms with Crippen molar-refractivity contribution >= 4 is 75.3 Å². The number of fused-ring (bicyclic) bond motifs is 9. The van der Waals surface area contributed by atoms with Crippen LogP contribution in [0.2, 0.25) is 0 Å². The fraction of sp³-hybridized carbons (Fsp3) is 0. The smallest absolute Gasteiger partial charge is 0.164 e. The number of benzene rings is 8. The number of furan rings is 1. The molecule has 4 aromatic heterocycles. The minimum Gasteiger partial charge on any atom is -0.454 e. The minimum absolute atomic E-state index is 0.0481. The maximum absolute atomic E-state index is 9.70. The Morgan fingerprint density at radius 3 is 1.93 bits per heavy atom. The molecular weight excluding hydrogens is 717 g/mol. The van der Waals surface area contributed by atoms with Crippen LogP contribution in [0.25, 0.3) is 115 Å². The van der Waals surface area contributed by atoms with Crippen molar-refractivity contribution in [2.45, 2.75) is 0 Å². The second kappa shape index (κ2) is 12.6. The quantitative estimate of drug-likeness (QED) is 0.175. The van der Waals surface area contributed by atoms with E-state index in [1.54, 1.807) is 11.3 Å². The first kappa shape index (κ1) is 22.8. The van der Waals surface area contributed by atoms with Crippen LogP contribution < -0.4 is 0 Å². The van der Waals surface area contributed by atoms with Crippen molar-refractivity contribution in [2.75, 3.05) is 0 Å². The molecule has 12 aromatic rings. The van der Waals surface area contributed by atoms with E-state index in [-0.39, 0.29) is 115 Å². The number of aromatic nitrogens is 4. The van der Waals surface area contributed by atoms with E-state index >= 15 is 0 Å². The first-order chi connectivity index (χ1) is 32.8. The molecule has 0 aliphatic rings. The van der Waals surface area contributed by atoms with Crippen LogP contribution in [0.15, 0.2) is 186 Å². The molecule has 266 valence electrons. The van der Waals surface area contributed by atoms with Crippen molar-refractivity contribution in [1.29, 1.82) is 0 Å². The average Bonchev–Trinajstić information content (AvgIpc) is 4.04. The van der Waals surface area contributed by atoms with Crippen molar-refractivity contribution < 1.29 is 19.5 Å². The van der Waals surface area contributed by atoms with Gasteiger partial charge in [0.25, 0.3) is 0 Å². The van der Waals surface area contributed by atoms with Crippen molar-refractivity contribution in [2.24, 2.45) is 0 Å². The topological polar surface area (TPSA) is 56.7 Å². The van der Waals surface area contributed by atoms with E-state index in [0.717, 1.165) is 31.3 Å². The summed E-state index contributed by atoms with van der Waals surface area (Å²) in [6.45, 7) is 0. The fourth-order valence-corrected chi connectivity index (χ4v) is 8.86. The van der Waals surface area contributed by atoms with Gasteiger partial charge in [-0.25, -0.2) is 15.0 Å². The van der Waals surface area contributed by atoms with Gasteiger partial charge in [-0.2, -0.15) is 0 Å². The Hall–Kier alpha value is -7.41. The summed E-state index contributed by atoms with van der Waals surface area (Å²) in [7, 11) is 0. The van der Waals surface area contributed by atoms with Crippen LogP contribution in [-0.2, 0) is 0 Å². The van der Waals surface area contributed by atoms with Gasteiger partial charge in [0.05, 0.1) is 31.8 Å². The zero-order chi connectivity index (χ0) is 47.0. The van der Waals surface area contributed by atoms with Gasteiger partial charge < -0.3 is 8.98 Å². The van der Waals surface area contributed by atoms with Crippen LogP contribution >= 0.6 is 11.3 Å². The Bertz CT molecular complexity index is 4100. The summed E-state index contributed by atoms with van der Waals surface area (Å²) in [5.74, 6) is 0.469. The highest BCUT2D eigenvalue weighted by atomic mass is 32.1. The summed E-state index contributed by atoms with van der Waals surface area (Å²) in [6.07, 6.45) is 0. The summed E-state index contributed by atoms with van der Waals surface area (Å²) in [4.78, 5) is 14.6. The number of rotatable bonds is 5. The van der Waals surface area contributed by atoms with Crippen molar-refractivity contribution in [1.82, 2.24) is 19.5 Å². The molecule has 5 nitrogen and oxygen atoms in total. The van der Waals surface area contributed by atoms with Crippen LogP contribution in [0.3, 0.4) is 0 Å². The molecule has 0 fully saturated rings. The van der Waals surface area contributed by atoms with E-state index in [4.69, 9.17) is 30.3 Å². The van der Waals surface area contributed by atoms with E-state index in [1.807, 2.05) is 66.7 Å². The molecule has 0 amide bonds. The van der Waals surface area contributed by atoms with Crippen molar-refractivity contribution in [3.8, 4) is 51.0 Å². The molecular formula is C51H30N4OS. The number of hydrogen-bond acceptors (Lipinski definition) is 5. The molecule has 0 saturated carbocycles. The lowest BCUT2D eigenvalue weighted by Gasteiger charge is -2.09. The van der Waals surface area contributed by atoms with Gasteiger partial charge in [0, 0.05) is 58.4 Å². The molecule has 0 radical (unpaired) electrons. The van der Waals surface area contributed by atoms with E-state index in [1.165, 1.54) is 22.8 Å². The van der Waals surface area contributed by atoms with Crippen LogP contribution in [0.5, 0.6) is 0 Å². The van der Waals surface area contributed by atoms with E-state index in [2.05, 4.69) is 30.3 Å². The molecule has 6 heteroatoms. The summed E-state index contributed by atoms with van der Waals surface area (Å²) in [5.41, 5.74) is 3.51. The van der Waals surface area contributed by atoms with Gasteiger partial charge in [0.15, 0.2) is 23.1 Å². The van der Waals surface area contributed by atoms with Crippen molar-refractivity contribution in [3.63, 3.8) is 0 Å². The number of thiophene rings is 1. The van der Waals surface area contributed by atoms with Gasteiger partial charge in [-0.15, -0.1) is 11.3 Å². The Morgan fingerprint density at radius 1 is 0.491 bits per heavy atom. The van der Waals surface area contributed by atoms with E-state index < -0.39 is 24.2 Å². The van der Waals surface area contributed by atoms with Crippen LogP contribution in [-0.4, -0.2) is 19.5 Å². The fourth-order valence-electron chi connectivity index (χ4n) is 7.69. The molecule has 57 heavy (non-hydrogen) atoms. The zero-order valence-electron chi connectivity index (χ0n) is 40.6. The maximum atomic E-state index is 9.70. The Morgan fingerprint density at radius 2 is 1.18 bits per heavy atom. The highest BCUT2D eigenvalue weighted by molar-refractivity contribution is 7.26. The lowest BCUT2D eigenvalue weighted by atomic mass is 9.99. The summed E-state index contributed by atoms with van der Waals surface area (Å²) in [6, 6.07) is 31.6. The largest absolute Gasteiger partial charge is 0.454 e. The molecule has 0 aliphatic heterocycles. The molecule has 0 saturated heterocycles. The lowest BCUT2D eigenvalue weighted by molar-refractivity contribution is 0.666. The number of para-hydroxylation sites is 3. The van der Waals surface area contributed by atoms with Gasteiger partial charge in [-0.1, -0.05) is 139 Å². The molecule has 0 atom stereocenters. The SMILES string of the molecule is [2H]c1cc2c(c([2H])c1[2H])c1c([2H])c([2H])c([2H])cc1n2-c1cc([2H])c([2H])c2c1oc1c([2H])c(-c3nc(-c4ccccc4)nc(-c4ccc5c(c4)sc4cccc(-c6ccccc6)c45)n3)c([2H])c([2H])c12. The van der Waals surface area contributed by atoms with Gasteiger partial charge >= 0.3 is 0 Å². The monoisotopic (exact) mass is 757 g/mol. The minimum atomic E-state index is -0.427. The standard InChI is InChI=1S/C51H30N4OS/c1-3-13-31(14-4-1)35-19-12-24-45-47(35)40-28-26-34(30-46(40)57-45)51-53-49(32-15-5-2-6-16-32)52-50(54-51)33-25-27-38-39-20-11-23-43(48(39)56-44(38)29-33)55-41-21-9-7-17-36(41)37-18-8-10-22-42(37)55/h1-30H/i7D,8D,9D,10D,11D,17D,18D,20D,25D,27D,29D. The van der Waals surface area contributed by atoms with Gasteiger partial charge in [0.2, 0.25) is 0 Å². The second-order valence-corrected chi connectivity index (χ2v) is 14.6. The van der Waals surface area contributed by atoms with Gasteiger partial charge in [-0.3, -0.25) is 0 Å². The molecule has 4 heterocycles. The molecule has 0 bridgehead atoms. The van der Waals surface area contributed by atoms with E-state index in [0.29, 0.717) is 11.1 Å². The molecule has 12 rings (SSSR count). The highest BCUT2D eigenvalue weighted by Gasteiger charge is 2.20. The summed E-state index contributed by atoms with van der Waals surface area (Å²) in [5, 5.41) is 2.23. The third-order valence-electron chi connectivity index (χ3n) is 10.3. The number of nitrogens with zero attached hydrogens (tertiary/aromatic N) is 4. The molecule has 0 unspecified atom stereocenters. The van der Waals surface area contributed by atoms with Crippen LogP contribution in [0.1, 0.15) is 15.1 Å². The Kier molecular flexibility index (Phi) is 5.04. The predicted molar refractivity (Wildman–Crippen MR) is 236 cm³/mol. The van der Waals surface area contributed by atoms with E-state index in [9.17, 15) is 4.11 Å². The van der Waals surface area contributed by atoms with Crippen molar-refractivity contribution in [3.05, 3.63) is 182 Å². The third kappa shape index (κ3) is 5.04. The third-order valence-corrected chi connectivity index (χ3v) is 11.4. The Balaban J connectivity index is 1.10. The lowest BCUT2D eigenvalue weighted by Crippen LogP contribution is -2.00. The number of hydrogen-bond donors (Lipinski definition) is 0. The normalized spacial score (nSPS) is 14.6. The predicted octanol–water partition coefficient (Wildman–Crippen LogP) is 13.9. The molecule has 8 aromatic carbocycles. The van der Waals surface area contributed by atoms with Gasteiger partial charge in [0.1, 0.15) is 5.58 Å². The molecule has 0 spiro atoms. The van der Waals surface area contributed by atoms with Crippen LogP contribution in [0, 0.1) is 0 Å². The Labute approximate surface area is 346 Å². The highest BCUT2D eigenvalue weighted by Crippen LogP contribution is 2.42. The molecule has 0 N–H and O–H groups in total. The maximum Gasteiger partial charge on any atom is 0.164 e. The zero-order valence-corrected chi connectivity index (χ0v) is 30.4. The first-order valence-electron chi connectivity index (χ1n) is 23.6. The average molecular weight is 758 g/mol. The van der Waals surface area contributed by atoms with Gasteiger partial charge in [-0.05, 0) is 53.5 Å². The van der Waals surface area contributed by atoms with Crippen LogP contribution in [0.4, 0.5) is 0 Å². The second-order valence-electron chi connectivity index (χ2n) is 13.5. The molecule has 0 aliphatic carbocycles. The summed E-state index contributed by atoms with van der Waals surface area (Å²) < 4.78 is 109. The summed E-state index contributed by atoms with van der Waals surface area (Å²) >= 11 is 1.65. The first-order valence-corrected chi connectivity index (χ1v) is 18.9.